The predicted molar refractivity (Wildman–Crippen MR) is 79.8 cm³/mol. The van der Waals surface area contributed by atoms with Crippen molar-refractivity contribution in [2.45, 2.75) is 0 Å². The number of hydrogen-bond acceptors (Lipinski definition) is 3. The van der Waals surface area contributed by atoms with Crippen LogP contribution in [0.5, 0.6) is 11.5 Å². The third kappa shape index (κ3) is 3.36. The molecule has 0 aliphatic heterocycles. The van der Waals surface area contributed by atoms with E-state index in [0.717, 1.165) is 4.47 Å². The van der Waals surface area contributed by atoms with Crippen LogP contribution >= 0.6 is 31.9 Å². The number of halogens is 2. The molecule has 98 valence electrons. The Labute approximate surface area is 127 Å². The van der Waals surface area contributed by atoms with Gasteiger partial charge in [-0.15, -0.1) is 0 Å². The minimum Gasteiger partial charge on any atom is -0.496 e. The van der Waals surface area contributed by atoms with Crippen LogP contribution in [0, 0.1) is 0 Å². The molecule has 2 rings (SSSR count). The Bertz CT molecular complexity index is 611. The van der Waals surface area contributed by atoms with Gasteiger partial charge in [0.05, 0.1) is 11.6 Å². The average Bonchev–Trinajstić information content (AvgIpc) is 2.41. The molecule has 0 aliphatic carbocycles. The molecule has 0 saturated heterocycles. The van der Waals surface area contributed by atoms with Gasteiger partial charge >= 0.3 is 5.97 Å². The van der Waals surface area contributed by atoms with Crippen LogP contribution in [0.3, 0.4) is 0 Å². The lowest BCUT2D eigenvalue weighted by Gasteiger charge is -2.09. The van der Waals surface area contributed by atoms with Crippen molar-refractivity contribution in [2.75, 3.05) is 7.11 Å². The van der Waals surface area contributed by atoms with Crippen molar-refractivity contribution in [3.05, 3.63) is 57.0 Å². The fourth-order valence-electron chi connectivity index (χ4n) is 1.53. The minimum atomic E-state index is -0.458. The van der Waals surface area contributed by atoms with Crippen molar-refractivity contribution in [3.63, 3.8) is 0 Å². The summed E-state index contributed by atoms with van der Waals surface area (Å²) < 4.78 is 12.1. The maximum atomic E-state index is 12.1. The highest BCUT2D eigenvalue weighted by molar-refractivity contribution is 9.11. The first-order chi connectivity index (χ1) is 9.11. The topological polar surface area (TPSA) is 35.5 Å². The molecule has 0 unspecified atom stereocenters. The normalized spacial score (nSPS) is 10.1. The van der Waals surface area contributed by atoms with Gasteiger partial charge in [0.25, 0.3) is 0 Å². The number of methoxy groups -OCH3 is 1. The highest BCUT2D eigenvalue weighted by Gasteiger charge is 2.15. The molecule has 0 aliphatic rings. The smallest absolute Gasteiger partial charge is 0.347 e. The Morgan fingerprint density at radius 2 is 1.79 bits per heavy atom. The fraction of sp³-hybridized carbons (Fsp3) is 0.0714. The van der Waals surface area contributed by atoms with E-state index in [2.05, 4.69) is 31.9 Å². The molecule has 0 saturated carbocycles. The lowest BCUT2D eigenvalue weighted by atomic mass is 10.2. The third-order valence-electron chi connectivity index (χ3n) is 2.42. The van der Waals surface area contributed by atoms with E-state index in [1.54, 1.807) is 36.4 Å². The van der Waals surface area contributed by atoms with E-state index < -0.39 is 5.97 Å². The first-order valence-electron chi connectivity index (χ1n) is 5.42. The summed E-state index contributed by atoms with van der Waals surface area (Å²) in [5, 5.41) is 0. The largest absolute Gasteiger partial charge is 0.496 e. The van der Waals surface area contributed by atoms with Gasteiger partial charge in [-0.25, -0.2) is 4.79 Å². The van der Waals surface area contributed by atoms with Gasteiger partial charge in [0.1, 0.15) is 17.1 Å². The Balaban J connectivity index is 2.26. The van der Waals surface area contributed by atoms with E-state index in [4.69, 9.17) is 9.47 Å². The lowest BCUT2D eigenvalue weighted by molar-refractivity contribution is 0.0730. The van der Waals surface area contributed by atoms with E-state index in [9.17, 15) is 4.79 Å². The van der Waals surface area contributed by atoms with Gasteiger partial charge in [0.2, 0.25) is 0 Å². The van der Waals surface area contributed by atoms with Gasteiger partial charge in [-0.2, -0.15) is 0 Å². The molecular weight excluding hydrogens is 376 g/mol. The van der Waals surface area contributed by atoms with Crippen LogP contribution in [0.15, 0.2) is 51.4 Å². The summed E-state index contributed by atoms with van der Waals surface area (Å²) >= 11 is 6.69. The zero-order valence-electron chi connectivity index (χ0n) is 10.0. The van der Waals surface area contributed by atoms with Crippen LogP contribution in [0.1, 0.15) is 10.4 Å². The molecule has 0 amide bonds. The second kappa shape index (κ2) is 6.21. The summed E-state index contributed by atoms with van der Waals surface area (Å²) in [7, 11) is 1.52. The Morgan fingerprint density at radius 1 is 1.05 bits per heavy atom. The molecule has 3 nitrogen and oxygen atoms in total. The highest BCUT2D eigenvalue weighted by Crippen LogP contribution is 2.29. The van der Waals surface area contributed by atoms with Crippen LogP contribution < -0.4 is 9.47 Å². The molecule has 0 radical (unpaired) electrons. The van der Waals surface area contributed by atoms with Crippen molar-refractivity contribution < 1.29 is 14.3 Å². The molecule has 2 aromatic rings. The molecule has 19 heavy (non-hydrogen) atoms. The average molecular weight is 386 g/mol. The summed E-state index contributed by atoms with van der Waals surface area (Å²) in [6, 6.07) is 12.3. The molecule has 0 bridgehead atoms. The molecule has 0 fully saturated rings. The summed E-state index contributed by atoms with van der Waals surface area (Å²) in [5.74, 6) is 0.486. The van der Waals surface area contributed by atoms with E-state index in [0.29, 0.717) is 21.5 Å². The van der Waals surface area contributed by atoms with Crippen LogP contribution in [-0.4, -0.2) is 13.1 Å². The highest BCUT2D eigenvalue weighted by atomic mass is 79.9. The van der Waals surface area contributed by atoms with Gasteiger partial charge < -0.3 is 9.47 Å². The zero-order valence-corrected chi connectivity index (χ0v) is 13.2. The molecule has 0 heterocycles. The first-order valence-corrected chi connectivity index (χ1v) is 7.00. The van der Waals surface area contributed by atoms with E-state index in [-0.39, 0.29) is 0 Å². The number of benzene rings is 2. The van der Waals surface area contributed by atoms with E-state index >= 15 is 0 Å². The SMILES string of the molecule is COc1ccccc1C(=O)Oc1ccc(Br)cc1Br. The predicted octanol–water partition coefficient (Wildman–Crippen LogP) is 4.44. The third-order valence-corrected chi connectivity index (χ3v) is 3.54. The standard InChI is InChI=1S/C14H10Br2O3/c1-18-12-5-3-2-4-10(12)14(17)19-13-7-6-9(15)8-11(13)16/h2-8H,1H3. The number of ether oxygens (including phenoxy) is 2. The molecule has 0 spiro atoms. The number of carbonyl (C=O) groups excluding carboxylic acids is 1. The number of carbonyl (C=O) groups is 1. The monoisotopic (exact) mass is 384 g/mol. The van der Waals surface area contributed by atoms with Crippen molar-refractivity contribution in [1.29, 1.82) is 0 Å². The first kappa shape index (κ1) is 14.1. The van der Waals surface area contributed by atoms with E-state index in [1.807, 2.05) is 6.07 Å². The molecule has 2 aromatic carbocycles. The van der Waals surface area contributed by atoms with Gasteiger partial charge in [-0.1, -0.05) is 28.1 Å². The maximum Gasteiger partial charge on any atom is 0.347 e. The Hall–Kier alpha value is -1.33. The minimum absolute atomic E-state index is 0.389. The van der Waals surface area contributed by atoms with Crippen LogP contribution in [-0.2, 0) is 0 Å². The second-order valence-electron chi connectivity index (χ2n) is 3.66. The number of esters is 1. The van der Waals surface area contributed by atoms with E-state index in [1.165, 1.54) is 7.11 Å². The van der Waals surface area contributed by atoms with Crippen molar-refractivity contribution in [1.82, 2.24) is 0 Å². The fourth-order valence-corrected chi connectivity index (χ4v) is 2.65. The van der Waals surface area contributed by atoms with Gasteiger partial charge in [0, 0.05) is 4.47 Å². The molecule has 0 atom stereocenters. The Morgan fingerprint density at radius 3 is 2.47 bits per heavy atom. The number of para-hydroxylation sites is 1. The van der Waals surface area contributed by atoms with Crippen molar-refractivity contribution in [3.8, 4) is 11.5 Å². The van der Waals surface area contributed by atoms with Crippen LogP contribution in [0.2, 0.25) is 0 Å². The van der Waals surface area contributed by atoms with Gasteiger partial charge in [0.15, 0.2) is 0 Å². The molecule has 0 aromatic heterocycles. The van der Waals surface area contributed by atoms with Crippen molar-refractivity contribution >= 4 is 37.8 Å². The van der Waals surface area contributed by atoms with Gasteiger partial charge in [-0.3, -0.25) is 0 Å². The Kier molecular flexibility index (Phi) is 4.61. The summed E-state index contributed by atoms with van der Waals surface area (Å²) in [6.07, 6.45) is 0. The van der Waals surface area contributed by atoms with Crippen LogP contribution in [0.25, 0.3) is 0 Å². The van der Waals surface area contributed by atoms with Crippen molar-refractivity contribution in [2.24, 2.45) is 0 Å². The molecule has 5 heteroatoms. The lowest BCUT2D eigenvalue weighted by Crippen LogP contribution is -2.10. The quantitative estimate of drug-likeness (QED) is 0.578. The van der Waals surface area contributed by atoms with Crippen LogP contribution in [0.4, 0.5) is 0 Å². The zero-order chi connectivity index (χ0) is 13.8. The number of hydrogen-bond donors (Lipinski definition) is 0. The second-order valence-corrected chi connectivity index (χ2v) is 5.43. The maximum absolute atomic E-state index is 12.1. The molecular formula is C14H10Br2O3. The summed E-state index contributed by atoms with van der Waals surface area (Å²) in [6.45, 7) is 0. The molecule has 0 N–H and O–H groups in total. The van der Waals surface area contributed by atoms with Gasteiger partial charge in [-0.05, 0) is 46.3 Å². The summed E-state index contributed by atoms with van der Waals surface area (Å²) in [4.78, 5) is 12.1. The number of rotatable bonds is 3. The summed E-state index contributed by atoms with van der Waals surface area (Å²) in [5.41, 5.74) is 0.389.